The largest absolute Gasteiger partial charge is 0.493 e. The van der Waals surface area contributed by atoms with Gasteiger partial charge < -0.3 is 9.47 Å². The highest BCUT2D eigenvalue weighted by molar-refractivity contribution is 6.32. The highest BCUT2D eigenvalue weighted by Gasteiger charge is 2.12. The number of aryl methyl sites for hydroxylation is 1. The van der Waals surface area contributed by atoms with Crippen LogP contribution in [0.25, 0.3) is 0 Å². The van der Waals surface area contributed by atoms with Crippen LogP contribution in [0.5, 0.6) is 11.5 Å². The fraction of sp³-hybridized carbons (Fsp3) is 0.588. The molecule has 3 nitrogen and oxygen atoms in total. The van der Waals surface area contributed by atoms with Gasteiger partial charge in [0.2, 0.25) is 0 Å². The van der Waals surface area contributed by atoms with E-state index in [9.17, 15) is 4.79 Å². The van der Waals surface area contributed by atoms with E-state index in [0.717, 1.165) is 24.2 Å². The maximum absolute atomic E-state index is 11.7. The second-order valence-corrected chi connectivity index (χ2v) is 5.64. The number of hydrogen-bond donors (Lipinski definition) is 0. The van der Waals surface area contributed by atoms with Crippen molar-refractivity contribution >= 4 is 17.4 Å². The van der Waals surface area contributed by atoms with Crippen molar-refractivity contribution in [1.82, 2.24) is 0 Å². The molecule has 0 N–H and O–H groups in total. The summed E-state index contributed by atoms with van der Waals surface area (Å²) in [6.45, 7) is 8.88. The van der Waals surface area contributed by atoms with E-state index in [1.165, 1.54) is 0 Å². The number of halogens is 1. The predicted octanol–water partition coefficient (Wildman–Crippen LogP) is 4.69. The van der Waals surface area contributed by atoms with E-state index >= 15 is 0 Å². The molecule has 0 heterocycles. The Labute approximate surface area is 132 Å². The van der Waals surface area contributed by atoms with E-state index < -0.39 is 0 Å². The number of ether oxygens (including phenoxy) is 2. The Bertz CT molecular complexity index is 469. The van der Waals surface area contributed by atoms with Gasteiger partial charge in [-0.2, -0.15) is 0 Å². The first-order valence-corrected chi connectivity index (χ1v) is 7.98. The number of benzene rings is 1. The van der Waals surface area contributed by atoms with Crippen LogP contribution in [0.1, 0.15) is 46.1 Å². The average Bonchev–Trinajstić information content (AvgIpc) is 2.43. The van der Waals surface area contributed by atoms with Crippen molar-refractivity contribution in [3.63, 3.8) is 0 Å². The van der Waals surface area contributed by atoms with Crippen molar-refractivity contribution in [2.75, 3.05) is 13.2 Å². The first-order chi connectivity index (χ1) is 9.99. The number of carbonyl (C=O) groups excluding carboxylic acids is 1. The van der Waals surface area contributed by atoms with E-state index in [1.807, 2.05) is 39.8 Å². The lowest BCUT2D eigenvalue weighted by Crippen LogP contribution is -2.07. The quantitative estimate of drug-likeness (QED) is 0.664. The van der Waals surface area contributed by atoms with E-state index in [2.05, 4.69) is 0 Å². The molecule has 0 aliphatic carbocycles. The van der Waals surface area contributed by atoms with Crippen LogP contribution in [0, 0.1) is 5.92 Å². The van der Waals surface area contributed by atoms with Crippen molar-refractivity contribution in [3.8, 4) is 11.5 Å². The zero-order chi connectivity index (χ0) is 15.8. The van der Waals surface area contributed by atoms with E-state index in [0.29, 0.717) is 36.2 Å². The van der Waals surface area contributed by atoms with Crippen LogP contribution < -0.4 is 9.47 Å². The lowest BCUT2D eigenvalue weighted by Gasteiger charge is -2.14. The Morgan fingerprint density at radius 2 is 1.76 bits per heavy atom. The molecule has 0 unspecified atom stereocenters. The topological polar surface area (TPSA) is 35.5 Å². The molecular weight excluding hydrogens is 288 g/mol. The van der Waals surface area contributed by atoms with Crippen LogP contribution in [-0.2, 0) is 11.2 Å². The fourth-order valence-electron chi connectivity index (χ4n) is 2.07. The van der Waals surface area contributed by atoms with Gasteiger partial charge in [0.25, 0.3) is 0 Å². The SMILES string of the molecule is CCOc1cc(OCC)c(CCCC(=O)C(C)C)cc1Cl. The first-order valence-electron chi connectivity index (χ1n) is 7.60. The highest BCUT2D eigenvalue weighted by atomic mass is 35.5. The minimum atomic E-state index is 0.0975. The Morgan fingerprint density at radius 1 is 1.14 bits per heavy atom. The van der Waals surface area contributed by atoms with E-state index in [4.69, 9.17) is 21.1 Å². The minimum absolute atomic E-state index is 0.0975. The molecular formula is C17H25ClO3. The fourth-order valence-corrected chi connectivity index (χ4v) is 2.31. The summed E-state index contributed by atoms with van der Waals surface area (Å²) in [5.41, 5.74) is 1.03. The third kappa shape index (κ3) is 5.58. The Kier molecular flexibility index (Phi) is 7.58. The average molecular weight is 313 g/mol. The Morgan fingerprint density at radius 3 is 2.33 bits per heavy atom. The molecule has 0 fully saturated rings. The van der Waals surface area contributed by atoms with Crippen molar-refractivity contribution in [1.29, 1.82) is 0 Å². The Hall–Kier alpha value is -1.22. The van der Waals surface area contributed by atoms with Gasteiger partial charge in [0.1, 0.15) is 17.3 Å². The van der Waals surface area contributed by atoms with Crippen molar-refractivity contribution in [3.05, 3.63) is 22.7 Å². The summed E-state index contributed by atoms with van der Waals surface area (Å²) in [4.78, 5) is 11.7. The molecule has 118 valence electrons. The molecule has 0 amide bonds. The van der Waals surface area contributed by atoms with Gasteiger partial charge >= 0.3 is 0 Å². The maximum Gasteiger partial charge on any atom is 0.141 e. The van der Waals surface area contributed by atoms with Gasteiger partial charge in [0.15, 0.2) is 0 Å². The third-order valence-corrected chi connectivity index (χ3v) is 3.52. The van der Waals surface area contributed by atoms with Crippen LogP contribution in [-0.4, -0.2) is 19.0 Å². The summed E-state index contributed by atoms with van der Waals surface area (Å²) in [5.74, 6) is 1.83. The monoisotopic (exact) mass is 312 g/mol. The van der Waals surface area contributed by atoms with Crippen LogP contribution >= 0.6 is 11.6 Å². The van der Waals surface area contributed by atoms with Crippen molar-refractivity contribution in [2.45, 2.75) is 47.0 Å². The second kappa shape index (κ2) is 8.93. The lowest BCUT2D eigenvalue weighted by atomic mass is 10.0. The van der Waals surface area contributed by atoms with Crippen LogP contribution in [0.15, 0.2) is 12.1 Å². The molecule has 0 aromatic heterocycles. The molecule has 1 rings (SSSR count). The van der Waals surface area contributed by atoms with Gasteiger partial charge in [-0.3, -0.25) is 4.79 Å². The van der Waals surface area contributed by atoms with Gasteiger partial charge in [-0.25, -0.2) is 0 Å². The van der Waals surface area contributed by atoms with Gasteiger partial charge in [-0.1, -0.05) is 25.4 Å². The molecule has 1 aromatic carbocycles. The molecule has 0 saturated carbocycles. The molecule has 0 aliphatic rings. The standard InChI is InChI=1S/C17H25ClO3/c1-5-20-16-11-17(21-6-2)14(18)10-13(16)8-7-9-15(19)12(3)4/h10-12H,5-9H2,1-4H3. The zero-order valence-electron chi connectivity index (χ0n) is 13.4. The van der Waals surface area contributed by atoms with Gasteiger partial charge in [-0.15, -0.1) is 0 Å². The molecule has 0 radical (unpaired) electrons. The predicted molar refractivity (Wildman–Crippen MR) is 86.6 cm³/mol. The van der Waals surface area contributed by atoms with Crippen molar-refractivity contribution < 1.29 is 14.3 Å². The van der Waals surface area contributed by atoms with Gasteiger partial charge in [-0.05, 0) is 38.3 Å². The van der Waals surface area contributed by atoms with E-state index in [-0.39, 0.29) is 5.92 Å². The molecule has 0 saturated heterocycles. The molecule has 1 aromatic rings. The number of rotatable bonds is 9. The molecule has 4 heteroatoms. The second-order valence-electron chi connectivity index (χ2n) is 5.23. The van der Waals surface area contributed by atoms with Gasteiger partial charge in [0, 0.05) is 18.4 Å². The normalized spacial score (nSPS) is 10.8. The summed E-state index contributed by atoms with van der Waals surface area (Å²) < 4.78 is 11.1. The third-order valence-electron chi connectivity index (χ3n) is 3.23. The van der Waals surface area contributed by atoms with Crippen LogP contribution in [0.3, 0.4) is 0 Å². The zero-order valence-corrected chi connectivity index (χ0v) is 14.1. The minimum Gasteiger partial charge on any atom is -0.493 e. The van der Waals surface area contributed by atoms with Gasteiger partial charge in [0.05, 0.1) is 18.2 Å². The molecule has 0 aliphatic heterocycles. The summed E-state index contributed by atoms with van der Waals surface area (Å²) in [5, 5.41) is 0.588. The summed E-state index contributed by atoms with van der Waals surface area (Å²) >= 11 is 6.22. The smallest absolute Gasteiger partial charge is 0.141 e. The molecule has 0 bridgehead atoms. The van der Waals surface area contributed by atoms with Crippen molar-refractivity contribution in [2.24, 2.45) is 5.92 Å². The molecule has 21 heavy (non-hydrogen) atoms. The number of Topliss-reactive ketones (excluding diaryl/α,β-unsaturated/α-hetero) is 1. The lowest BCUT2D eigenvalue weighted by molar-refractivity contribution is -0.121. The first kappa shape index (κ1) is 17.8. The summed E-state index contributed by atoms with van der Waals surface area (Å²) in [6, 6.07) is 3.73. The molecule has 0 atom stereocenters. The molecule has 0 spiro atoms. The highest BCUT2D eigenvalue weighted by Crippen LogP contribution is 2.33. The number of hydrogen-bond acceptors (Lipinski definition) is 3. The number of ketones is 1. The summed E-state index contributed by atoms with van der Waals surface area (Å²) in [6.07, 6.45) is 2.18. The van der Waals surface area contributed by atoms with Crippen LogP contribution in [0.4, 0.5) is 0 Å². The summed E-state index contributed by atoms with van der Waals surface area (Å²) in [7, 11) is 0. The Balaban J connectivity index is 2.79. The maximum atomic E-state index is 11.7. The van der Waals surface area contributed by atoms with Crippen LogP contribution in [0.2, 0.25) is 5.02 Å². The number of carbonyl (C=O) groups is 1. The van der Waals surface area contributed by atoms with E-state index in [1.54, 1.807) is 0 Å².